The fourth-order valence-electron chi connectivity index (χ4n) is 3.00. The topological polar surface area (TPSA) is 80.4 Å². The predicted molar refractivity (Wildman–Crippen MR) is 106 cm³/mol. The van der Waals surface area contributed by atoms with Crippen LogP contribution < -0.4 is 14.2 Å². The molecule has 0 bridgehead atoms. The second-order valence-electron chi connectivity index (χ2n) is 7.00. The average molecular weight is 388 g/mol. The highest BCUT2D eigenvalue weighted by molar-refractivity contribution is 7.89. The van der Waals surface area contributed by atoms with Crippen molar-refractivity contribution in [2.24, 2.45) is 0 Å². The average Bonchev–Trinajstić information content (AvgIpc) is 3.10. The second-order valence-corrected chi connectivity index (χ2v) is 8.76. The standard InChI is InChI=1S/C20H24N2O4S/c1-20(2,18-12-21-19-10-7-15(26-4)11-17(18)19)13-22-27(23,24)16-8-5-14(25-3)6-9-16/h5-12,21-22H,13H2,1-4H3. The third-order valence-corrected chi connectivity index (χ3v) is 6.11. The number of ether oxygens (including phenoxy) is 2. The molecule has 2 N–H and O–H groups in total. The van der Waals surface area contributed by atoms with Gasteiger partial charge >= 0.3 is 0 Å². The van der Waals surface area contributed by atoms with E-state index in [0.29, 0.717) is 5.75 Å². The Morgan fingerprint density at radius 2 is 1.63 bits per heavy atom. The molecular formula is C20H24N2O4S. The molecule has 7 heteroatoms. The van der Waals surface area contributed by atoms with Gasteiger partial charge in [0, 0.05) is 29.1 Å². The molecule has 0 fully saturated rings. The SMILES string of the molecule is COc1ccc(S(=O)(=O)NCC(C)(C)c2c[nH]c3ccc(OC)cc23)cc1. The smallest absolute Gasteiger partial charge is 0.240 e. The third-order valence-electron chi connectivity index (χ3n) is 4.69. The maximum absolute atomic E-state index is 12.6. The van der Waals surface area contributed by atoms with Crippen LogP contribution in [0, 0.1) is 0 Å². The number of aromatic amines is 1. The number of H-pyrrole nitrogens is 1. The Balaban J connectivity index is 1.83. The molecule has 1 aromatic heterocycles. The van der Waals surface area contributed by atoms with E-state index < -0.39 is 15.4 Å². The van der Waals surface area contributed by atoms with Crippen molar-refractivity contribution in [1.82, 2.24) is 9.71 Å². The first kappa shape index (κ1) is 19.3. The lowest BCUT2D eigenvalue weighted by Gasteiger charge is -2.25. The van der Waals surface area contributed by atoms with Crippen LogP contribution in [0.1, 0.15) is 19.4 Å². The highest BCUT2D eigenvalue weighted by Crippen LogP contribution is 2.32. The van der Waals surface area contributed by atoms with Crippen LogP contribution in [-0.4, -0.2) is 34.2 Å². The molecule has 0 amide bonds. The Morgan fingerprint density at radius 3 is 2.26 bits per heavy atom. The molecule has 0 aliphatic carbocycles. The van der Waals surface area contributed by atoms with E-state index in [1.807, 2.05) is 38.2 Å². The van der Waals surface area contributed by atoms with Gasteiger partial charge in [-0.3, -0.25) is 0 Å². The van der Waals surface area contributed by atoms with Gasteiger partial charge in [-0.1, -0.05) is 13.8 Å². The Hall–Kier alpha value is -2.51. The van der Waals surface area contributed by atoms with Crippen LogP contribution in [0.2, 0.25) is 0 Å². The van der Waals surface area contributed by atoms with Crippen molar-refractivity contribution in [3.8, 4) is 11.5 Å². The van der Waals surface area contributed by atoms with Crippen molar-refractivity contribution in [2.45, 2.75) is 24.2 Å². The lowest BCUT2D eigenvalue weighted by Crippen LogP contribution is -2.36. The van der Waals surface area contributed by atoms with E-state index in [0.717, 1.165) is 22.2 Å². The van der Waals surface area contributed by atoms with E-state index in [2.05, 4.69) is 9.71 Å². The number of hydrogen-bond acceptors (Lipinski definition) is 4. The quantitative estimate of drug-likeness (QED) is 0.650. The minimum absolute atomic E-state index is 0.208. The first-order chi connectivity index (χ1) is 12.8. The molecule has 0 aliphatic heterocycles. The van der Waals surface area contributed by atoms with Gasteiger partial charge in [-0.05, 0) is 48.0 Å². The Labute approximate surface area is 159 Å². The maximum atomic E-state index is 12.6. The van der Waals surface area contributed by atoms with Gasteiger partial charge in [0.05, 0.1) is 19.1 Å². The lowest BCUT2D eigenvalue weighted by molar-refractivity contribution is 0.414. The van der Waals surface area contributed by atoms with E-state index in [-0.39, 0.29) is 11.4 Å². The van der Waals surface area contributed by atoms with Crippen molar-refractivity contribution in [1.29, 1.82) is 0 Å². The van der Waals surface area contributed by atoms with Crippen molar-refractivity contribution in [3.63, 3.8) is 0 Å². The number of rotatable bonds is 7. The van der Waals surface area contributed by atoms with Gasteiger partial charge in [-0.2, -0.15) is 0 Å². The molecule has 3 aromatic rings. The molecule has 27 heavy (non-hydrogen) atoms. The number of nitrogens with one attached hydrogen (secondary N) is 2. The first-order valence-corrected chi connectivity index (χ1v) is 10.0. The molecule has 2 aromatic carbocycles. The molecule has 0 unspecified atom stereocenters. The van der Waals surface area contributed by atoms with Crippen LogP contribution in [0.5, 0.6) is 11.5 Å². The lowest BCUT2D eigenvalue weighted by atomic mass is 9.84. The molecule has 0 spiro atoms. The van der Waals surface area contributed by atoms with Crippen LogP contribution in [-0.2, 0) is 15.4 Å². The molecule has 144 valence electrons. The summed E-state index contributed by atoms with van der Waals surface area (Å²) in [4.78, 5) is 3.45. The summed E-state index contributed by atoms with van der Waals surface area (Å²) < 4.78 is 38.4. The fraction of sp³-hybridized carbons (Fsp3) is 0.300. The third kappa shape index (κ3) is 3.94. The van der Waals surface area contributed by atoms with Gasteiger partial charge in [-0.15, -0.1) is 0 Å². The van der Waals surface area contributed by atoms with Crippen LogP contribution in [0.4, 0.5) is 0 Å². The number of fused-ring (bicyclic) bond motifs is 1. The molecule has 0 saturated carbocycles. The molecule has 0 radical (unpaired) electrons. The van der Waals surface area contributed by atoms with Gasteiger partial charge in [0.2, 0.25) is 10.0 Å². The predicted octanol–water partition coefficient (Wildman–Crippen LogP) is 3.44. The van der Waals surface area contributed by atoms with Crippen molar-refractivity contribution < 1.29 is 17.9 Å². The number of aromatic nitrogens is 1. The number of benzene rings is 2. The van der Waals surface area contributed by atoms with E-state index in [4.69, 9.17) is 9.47 Å². The van der Waals surface area contributed by atoms with E-state index >= 15 is 0 Å². The van der Waals surface area contributed by atoms with Crippen LogP contribution in [0.3, 0.4) is 0 Å². The van der Waals surface area contributed by atoms with Crippen molar-refractivity contribution in [2.75, 3.05) is 20.8 Å². The summed E-state index contributed by atoms with van der Waals surface area (Å²) in [6.07, 6.45) is 1.92. The van der Waals surface area contributed by atoms with Gasteiger partial charge in [0.15, 0.2) is 0 Å². The van der Waals surface area contributed by atoms with Crippen LogP contribution >= 0.6 is 0 Å². The molecule has 6 nitrogen and oxygen atoms in total. The van der Waals surface area contributed by atoms with E-state index in [1.165, 1.54) is 12.1 Å². The van der Waals surface area contributed by atoms with Gasteiger partial charge < -0.3 is 14.5 Å². The molecule has 0 aliphatic rings. The molecule has 0 atom stereocenters. The van der Waals surface area contributed by atoms with Crippen LogP contribution in [0.15, 0.2) is 53.6 Å². The number of sulfonamides is 1. The van der Waals surface area contributed by atoms with Gasteiger partial charge in [0.25, 0.3) is 0 Å². The maximum Gasteiger partial charge on any atom is 0.240 e. The Kier molecular flexibility index (Phi) is 5.17. The molecule has 0 saturated heterocycles. The monoisotopic (exact) mass is 388 g/mol. The number of hydrogen-bond donors (Lipinski definition) is 2. The fourth-order valence-corrected chi connectivity index (χ4v) is 4.21. The van der Waals surface area contributed by atoms with Crippen molar-refractivity contribution >= 4 is 20.9 Å². The van der Waals surface area contributed by atoms with Gasteiger partial charge in [-0.25, -0.2) is 13.1 Å². The van der Waals surface area contributed by atoms with E-state index in [9.17, 15) is 8.42 Å². The summed E-state index contributed by atoms with van der Waals surface area (Å²) in [5.41, 5.74) is 1.58. The largest absolute Gasteiger partial charge is 0.497 e. The first-order valence-electron chi connectivity index (χ1n) is 8.56. The summed E-state index contributed by atoms with van der Waals surface area (Å²) in [6, 6.07) is 12.1. The summed E-state index contributed by atoms with van der Waals surface area (Å²) in [5, 5.41) is 1.02. The number of methoxy groups -OCH3 is 2. The molecular weight excluding hydrogens is 364 g/mol. The molecule has 3 rings (SSSR count). The normalized spacial score (nSPS) is 12.3. The summed E-state index contributed by atoms with van der Waals surface area (Å²) >= 11 is 0. The summed E-state index contributed by atoms with van der Waals surface area (Å²) in [6.45, 7) is 4.27. The summed E-state index contributed by atoms with van der Waals surface area (Å²) in [5.74, 6) is 1.37. The molecule has 1 heterocycles. The van der Waals surface area contributed by atoms with Crippen LogP contribution in [0.25, 0.3) is 10.9 Å². The second kappa shape index (κ2) is 7.25. The Morgan fingerprint density at radius 1 is 1.00 bits per heavy atom. The highest BCUT2D eigenvalue weighted by Gasteiger charge is 2.27. The zero-order valence-electron chi connectivity index (χ0n) is 15.9. The van der Waals surface area contributed by atoms with Gasteiger partial charge in [0.1, 0.15) is 11.5 Å². The minimum Gasteiger partial charge on any atom is -0.497 e. The zero-order chi connectivity index (χ0) is 19.7. The summed E-state index contributed by atoms with van der Waals surface area (Å²) in [7, 11) is -0.447. The highest BCUT2D eigenvalue weighted by atomic mass is 32.2. The Bertz CT molecular complexity index is 1040. The van der Waals surface area contributed by atoms with Crippen molar-refractivity contribution in [3.05, 3.63) is 54.2 Å². The zero-order valence-corrected chi connectivity index (χ0v) is 16.7. The van der Waals surface area contributed by atoms with E-state index in [1.54, 1.807) is 26.4 Å². The minimum atomic E-state index is -3.62.